The van der Waals surface area contributed by atoms with E-state index in [2.05, 4.69) is 5.32 Å². The standard InChI is InChI=1S/C18H23N3O3S/c1-13-4-10-17(11-5-13)25(23,24)21(3)16-8-6-15(7-9-16)18(22)20-14(2)12-19/h4-11,14H,12,19H2,1-3H3,(H,20,22)/t14-/m0/s1. The minimum Gasteiger partial charge on any atom is -0.348 e. The van der Waals surface area contributed by atoms with Gasteiger partial charge in [-0.25, -0.2) is 8.42 Å². The first kappa shape index (κ1) is 19.0. The van der Waals surface area contributed by atoms with E-state index in [1.54, 1.807) is 48.5 Å². The molecule has 6 nitrogen and oxygen atoms in total. The molecule has 134 valence electrons. The number of nitrogens with zero attached hydrogens (tertiary/aromatic N) is 1. The van der Waals surface area contributed by atoms with Crippen LogP contribution in [-0.4, -0.2) is 34.0 Å². The highest BCUT2D eigenvalue weighted by atomic mass is 32.2. The van der Waals surface area contributed by atoms with Gasteiger partial charge in [0, 0.05) is 25.2 Å². The number of hydrogen-bond acceptors (Lipinski definition) is 4. The molecule has 0 aliphatic heterocycles. The van der Waals surface area contributed by atoms with Crippen molar-refractivity contribution in [3.05, 3.63) is 59.7 Å². The van der Waals surface area contributed by atoms with Gasteiger partial charge in [0.1, 0.15) is 0 Å². The molecule has 3 N–H and O–H groups in total. The number of rotatable bonds is 6. The average Bonchev–Trinajstić information content (AvgIpc) is 2.61. The Kier molecular flexibility index (Phi) is 5.81. The van der Waals surface area contributed by atoms with Crippen LogP contribution in [0.3, 0.4) is 0 Å². The van der Waals surface area contributed by atoms with Crippen LogP contribution in [-0.2, 0) is 10.0 Å². The van der Waals surface area contributed by atoms with E-state index in [4.69, 9.17) is 5.73 Å². The maximum atomic E-state index is 12.7. The first-order valence-electron chi connectivity index (χ1n) is 7.92. The zero-order valence-corrected chi connectivity index (χ0v) is 15.4. The van der Waals surface area contributed by atoms with Crippen LogP contribution in [0, 0.1) is 6.92 Å². The fourth-order valence-corrected chi connectivity index (χ4v) is 3.39. The second-order valence-corrected chi connectivity index (χ2v) is 7.91. The minimum atomic E-state index is -3.65. The van der Waals surface area contributed by atoms with Gasteiger partial charge in [0.15, 0.2) is 0 Å². The van der Waals surface area contributed by atoms with Crippen molar-refractivity contribution in [3.8, 4) is 0 Å². The van der Waals surface area contributed by atoms with Crippen molar-refractivity contribution >= 4 is 21.6 Å². The number of aryl methyl sites for hydroxylation is 1. The average molecular weight is 361 g/mol. The van der Waals surface area contributed by atoms with Gasteiger partial charge in [-0.15, -0.1) is 0 Å². The molecule has 2 aromatic carbocycles. The van der Waals surface area contributed by atoms with E-state index in [0.29, 0.717) is 17.8 Å². The van der Waals surface area contributed by atoms with E-state index in [1.807, 2.05) is 13.8 Å². The molecule has 0 saturated heterocycles. The summed E-state index contributed by atoms with van der Waals surface area (Å²) < 4.78 is 26.6. The lowest BCUT2D eigenvalue weighted by Gasteiger charge is -2.20. The van der Waals surface area contributed by atoms with Gasteiger partial charge in [0.25, 0.3) is 15.9 Å². The molecule has 0 unspecified atom stereocenters. The number of amides is 1. The molecule has 0 aliphatic carbocycles. The molecule has 0 heterocycles. The normalized spacial score (nSPS) is 12.5. The fraction of sp³-hybridized carbons (Fsp3) is 0.278. The van der Waals surface area contributed by atoms with Crippen LogP contribution < -0.4 is 15.4 Å². The van der Waals surface area contributed by atoms with Crippen molar-refractivity contribution in [2.45, 2.75) is 24.8 Å². The summed E-state index contributed by atoms with van der Waals surface area (Å²) in [6.45, 7) is 4.06. The number of nitrogens with one attached hydrogen (secondary N) is 1. The molecule has 25 heavy (non-hydrogen) atoms. The van der Waals surface area contributed by atoms with E-state index < -0.39 is 10.0 Å². The minimum absolute atomic E-state index is 0.128. The topological polar surface area (TPSA) is 92.5 Å². The number of benzene rings is 2. The summed E-state index contributed by atoms with van der Waals surface area (Å²) in [6, 6.07) is 12.9. The summed E-state index contributed by atoms with van der Waals surface area (Å²) in [5, 5.41) is 2.76. The Labute approximate surface area is 148 Å². The van der Waals surface area contributed by atoms with Crippen LogP contribution in [0.25, 0.3) is 0 Å². The first-order chi connectivity index (χ1) is 11.8. The molecule has 0 bridgehead atoms. The summed E-state index contributed by atoms with van der Waals surface area (Å²) in [7, 11) is -2.16. The monoisotopic (exact) mass is 361 g/mol. The third-order valence-corrected chi connectivity index (χ3v) is 5.70. The number of anilines is 1. The van der Waals surface area contributed by atoms with Gasteiger partial charge >= 0.3 is 0 Å². The van der Waals surface area contributed by atoms with Gasteiger partial charge in [-0.2, -0.15) is 0 Å². The van der Waals surface area contributed by atoms with Crippen molar-refractivity contribution in [3.63, 3.8) is 0 Å². The number of hydrogen-bond donors (Lipinski definition) is 2. The Bertz CT molecular complexity index is 831. The van der Waals surface area contributed by atoms with E-state index in [0.717, 1.165) is 5.56 Å². The molecular weight excluding hydrogens is 338 g/mol. The quantitative estimate of drug-likeness (QED) is 0.822. The molecular formula is C18H23N3O3S. The molecule has 0 spiro atoms. The summed E-state index contributed by atoms with van der Waals surface area (Å²) in [6.07, 6.45) is 0. The zero-order valence-electron chi connectivity index (χ0n) is 14.6. The van der Waals surface area contributed by atoms with Crippen LogP contribution in [0.15, 0.2) is 53.4 Å². The van der Waals surface area contributed by atoms with Crippen LogP contribution in [0.5, 0.6) is 0 Å². The lowest BCUT2D eigenvalue weighted by atomic mass is 10.2. The summed E-state index contributed by atoms with van der Waals surface area (Å²) in [4.78, 5) is 12.3. The van der Waals surface area contributed by atoms with Gasteiger partial charge < -0.3 is 11.1 Å². The number of sulfonamides is 1. The van der Waals surface area contributed by atoms with Crippen molar-refractivity contribution in [1.82, 2.24) is 5.32 Å². The van der Waals surface area contributed by atoms with E-state index in [9.17, 15) is 13.2 Å². The highest BCUT2D eigenvalue weighted by Gasteiger charge is 2.21. The van der Waals surface area contributed by atoms with Crippen LogP contribution >= 0.6 is 0 Å². The number of carbonyl (C=O) groups is 1. The maximum absolute atomic E-state index is 12.7. The fourth-order valence-electron chi connectivity index (χ4n) is 2.20. The predicted molar refractivity (Wildman–Crippen MR) is 99.2 cm³/mol. The highest BCUT2D eigenvalue weighted by Crippen LogP contribution is 2.22. The number of nitrogens with two attached hydrogens (primary N) is 1. The van der Waals surface area contributed by atoms with Crippen LogP contribution in [0.2, 0.25) is 0 Å². The summed E-state index contributed by atoms with van der Waals surface area (Å²) >= 11 is 0. The molecule has 2 rings (SSSR count). The molecule has 2 aromatic rings. The second kappa shape index (κ2) is 7.67. The van der Waals surface area contributed by atoms with Crippen molar-refractivity contribution in [2.24, 2.45) is 5.73 Å². The van der Waals surface area contributed by atoms with Gasteiger partial charge in [0.2, 0.25) is 0 Å². The van der Waals surface area contributed by atoms with Crippen molar-refractivity contribution < 1.29 is 13.2 Å². The Balaban J connectivity index is 2.21. The maximum Gasteiger partial charge on any atom is 0.264 e. The zero-order chi connectivity index (χ0) is 18.6. The van der Waals surface area contributed by atoms with Gasteiger partial charge in [0.05, 0.1) is 10.6 Å². The number of carbonyl (C=O) groups excluding carboxylic acids is 1. The first-order valence-corrected chi connectivity index (χ1v) is 9.36. The molecule has 0 aliphatic rings. The van der Waals surface area contributed by atoms with Crippen LogP contribution in [0.1, 0.15) is 22.8 Å². The lowest BCUT2D eigenvalue weighted by Crippen LogP contribution is -2.37. The Morgan fingerprint density at radius 1 is 1.12 bits per heavy atom. The summed E-state index contributed by atoms with van der Waals surface area (Å²) in [5.41, 5.74) is 7.40. The van der Waals surface area contributed by atoms with Gasteiger partial charge in [-0.1, -0.05) is 17.7 Å². The smallest absolute Gasteiger partial charge is 0.264 e. The third-order valence-electron chi connectivity index (χ3n) is 3.90. The molecule has 1 atom stereocenters. The molecule has 0 saturated carbocycles. The third kappa shape index (κ3) is 4.37. The van der Waals surface area contributed by atoms with E-state index in [1.165, 1.54) is 11.4 Å². The Hall–Kier alpha value is -2.38. The van der Waals surface area contributed by atoms with Crippen molar-refractivity contribution in [2.75, 3.05) is 17.9 Å². The van der Waals surface area contributed by atoms with Crippen LogP contribution in [0.4, 0.5) is 5.69 Å². The predicted octanol–water partition coefficient (Wildman–Crippen LogP) is 1.90. The van der Waals surface area contributed by atoms with Crippen molar-refractivity contribution in [1.29, 1.82) is 0 Å². The molecule has 1 amide bonds. The van der Waals surface area contributed by atoms with E-state index in [-0.39, 0.29) is 16.8 Å². The molecule has 7 heteroatoms. The second-order valence-electron chi connectivity index (χ2n) is 5.94. The molecule has 0 fully saturated rings. The lowest BCUT2D eigenvalue weighted by molar-refractivity contribution is 0.0941. The SMILES string of the molecule is Cc1ccc(S(=O)(=O)N(C)c2ccc(C(=O)N[C@@H](C)CN)cc2)cc1. The van der Waals surface area contributed by atoms with Gasteiger partial charge in [-0.05, 0) is 50.2 Å². The van der Waals surface area contributed by atoms with E-state index >= 15 is 0 Å². The Morgan fingerprint density at radius 3 is 2.20 bits per heavy atom. The molecule has 0 aromatic heterocycles. The Morgan fingerprint density at radius 2 is 1.68 bits per heavy atom. The highest BCUT2D eigenvalue weighted by molar-refractivity contribution is 7.92. The molecule has 0 radical (unpaired) electrons. The van der Waals surface area contributed by atoms with Gasteiger partial charge in [-0.3, -0.25) is 9.10 Å². The largest absolute Gasteiger partial charge is 0.348 e. The summed E-state index contributed by atoms with van der Waals surface area (Å²) in [5.74, 6) is -0.242.